The summed E-state index contributed by atoms with van der Waals surface area (Å²) in [6.45, 7) is 0.481. The molecule has 0 spiro atoms. The highest BCUT2D eigenvalue weighted by Crippen LogP contribution is 2.40. The fourth-order valence-electron chi connectivity index (χ4n) is 2.83. The Bertz CT molecular complexity index is 1350. The van der Waals surface area contributed by atoms with Gasteiger partial charge in [-0.15, -0.1) is 5.11 Å². The van der Waals surface area contributed by atoms with Crippen LogP contribution in [0.2, 0.25) is 0 Å². The van der Waals surface area contributed by atoms with Crippen LogP contribution in [0, 0.1) is 0 Å². The van der Waals surface area contributed by atoms with Crippen LogP contribution in [-0.2, 0) is 26.7 Å². The summed E-state index contributed by atoms with van der Waals surface area (Å²) in [4.78, 5) is -1.59. The molecule has 0 radical (unpaired) electrons. The monoisotopic (exact) mass is 451 g/mol. The quantitative estimate of drug-likeness (QED) is 0.326. The van der Waals surface area contributed by atoms with Gasteiger partial charge in [-0.1, -0.05) is 18.2 Å². The Morgan fingerprint density at radius 3 is 2.10 bits per heavy atom. The molecular weight excluding hydrogens is 434 g/mol. The van der Waals surface area contributed by atoms with Gasteiger partial charge in [-0.3, -0.25) is 9.11 Å². The molecule has 5 N–H and O–H groups in total. The smallest absolute Gasteiger partial charge is 0.295 e. The molecule has 0 aliphatic carbocycles. The first kappa shape index (κ1) is 21.8. The average molecular weight is 451 g/mol. The second-order valence-corrected chi connectivity index (χ2v) is 9.12. The van der Waals surface area contributed by atoms with Crippen LogP contribution < -0.4 is 5.73 Å². The third kappa shape index (κ3) is 4.63. The van der Waals surface area contributed by atoms with E-state index in [4.69, 9.17) is 5.73 Å². The molecule has 10 nitrogen and oxygen atoms in total. The molecule has 0 heterocycles. The molecule has 0 amide bonds. The minimum absolute atomic E-state index is 0.0113. The fourth-order valence-corrected chi connectivity index (χ4v) is 4.19. The molecule has 0 bridgehead atoms. The lowest BCUT2D eigenvalue weighted by Gasteiger charge is -2.10. The third-order valence-electron chi connectivity index (χ3n) is 4.22. The van der Waals surface area contributed by atoms with E-state index in [0.717, 1.165) is 17.7 Å². The summed E-state index contributed by atoms with van der Waals surface area (Å²) in [6, 6.07) is 10.8. The van der Waals surface area contributed by atoms with Gasteiger partial charge < -0.3 is 10.8 Å². The van der Waals surface area contributed by atoms with Crippen molar-refractivity contribution in [2.75, 3.05) is 6.54 Å². The molecule has 0 aliphatic heterocycles. The molecule has 0 atom stereocenters. The van der Waals surface area contributed by atoms with Crippen LogP contribution in [0.3, 0.4) is 0 Å². The summed E-state index contributed by atoms with van der Waals surface area (Å²) in [6.07, 6.45) is 0.676. The van der Waals surface area contributed by atoms with Crippen molar-refractivity contribution in [3.05, 3.63) is 54.1 Å². The van der Waals surface area contributed by atoms with E-state index in [0.29, 0.717) is 24.7 Å². The molecule has 3 aromatic rings. The molecule has 3 aromatic carbocycles. The molecule has 0 aromatic heterocycles. The van der Waals surface area contributed by atoms with Crippen LogP contribution in [0.5, 0.6) is 5.75 Å². The van der Waals surface area contributed by atoms with E-state index in [1.54, 1.807) is 24.3 Å². The molecule has 3 rings (SSSR count). The Balaban J connectivity index is 2.22. The maximum Gasteiger partial charge on any atom is 0.295 e. The van der Waals surface area contributed by atoms with Gasteiger partial charge in [0.2, 0.25) is 0 Å². The number of nitrogens with two attached hydrogens (primary N) is 1. The first-order valence-corrected chi connectivity index (χ1v) is 11.3. The van der Waals surface area contributed by atoms with Crippen molar-refractivity contribution < 1.29 is 31.0 Å². The summed E-state index contributed by atoms with van der Waals surface area (Å²) in [5, 5.41) is 17.8. The van der Waals surface area contributed by atoms with E-state index < -0.39 is 35.8 Å². The van der Waals surface area contributed by atoms with Crippen LogP contribution in [0.1, 0.15) is 5.56 Å². The average Bonchev–Trinajstić information content (AvgIpc) is 2.66. The zero-order valence-corrected chi connectivity index (χ0v) is 16.9. The Morgan fingerprint density at radius 2 is 1.53 bits per heavy atom. The molecule has 0 saturated heterocycles. The van der Waals surface area contributed by atoms with Crippen LogP contribution in [0.15, 0.2) is 68.6 Å². The van der Waals surface area contributed by atoms with Crippen molar-refractivity contribution in [1.82, 2.24) is 0 Å². The van der Waals surface area contributed by atoms with Gasteiger partial charge in [-0.25, -0.2) is 0 Å². The van der Waals surface area contributed by atoms with E-state index >= 15 is 0 Å². The largest absolute Gasteiger partial charge is 0.506 e. The first-order valence-electron chi connectivity index (χ1n) is 8.46. The number of fused-ring (bicyclic) bond motifs is 1. The summed E-state index contributed by atoms with van der Waals surface area (Å²) in [5.74, 6) is -0.449. The Hall–Kier alpha value is -2.90. The number of aromatic hydroxyl groups is 1. The lowest BCUT2D eigenvalue weighted by atomic mass is 10.1. The predicted octanol–water partition coefficient (Wildman–Crippen LogP) is 2.96. The minimum atomic E-state index is -4.95. The van der Waals surface area contributed by atoms with Crippen LogP contribution in [-0.4, -0.2) is 37.6 Å². The molecular formula is C18H17N3O7S2. The zero-order valence-electron chi connectivity index (χ0n) is 15.3. The first-order chi connectivity index (χ1) is 14.0. The second kappa shape index (κ2) is 8.08. The third-order valence-corrected chi connectivity index (χ3v) is 5.93. The summed E-state index contributed by atoms with van der Waals surface area (Å²) >= 11 is 0. The van der Waals surface area contributed by atoms with E-state index in [9.17, 15) is 31.0 Å². The number of hydrogen-bond acceptors (Lipinski definition) is 8. The van der Waals surface area contributed by atoms with Crippen molar-refractivity contribution in [3.8, 4) is 5.75 Å². The van der Waals surface area contributed by atoms with Crippen LogP contribution in [0.25, 0.3) is 10.8 Å². The van der Waals surface area contributed by atoms with E-state index in [2.05, 4.69) is 10.2 Å². The topological polar surface area (TPSA) is 180 Å². The molecule has 0 unspecified atom stereocenters. The van der Waals surface area contributed by atoms with Crippen molar-refractivity contribution in [2.45, 2.75) is 16.2 Å². The number of rotatable bonds is 6. The van der Waals surface area contributed by atoms with E-state index in [1.807, 2.05) is 0 Å². The highest BCUT2D eigenvalue weighted by molar-refractivity contribution is 7.86. The Morgan fingerprint density at radius 1 is 0.867 bits per heavy atom. The molecule has 0 saturated carbocycles. The van der Waals surface area contributed by atoms with Gasteiger partial charge in [0.05, 0.1) is 10.6 Å². The van der Waals surface area contributed by atoms with Crippen molar-refractivity contribution in [1.29, 1.82) is 0 Å². The van der Waals surface area contributed by atoms with Gasteiger partial charge in [-0.05, 0) is 54.2 Å². The lowest BCUT2D eigenvalue weighted by molar-refractivity contribution is 0.477. The summed E-state index contributed by atoms with van der Waals surface area (Å²) in [5.41, 5.74) is 6.58. The number of phenols is 1. The molecule has 0 aliphatic rings. The number of hydrogen-bond donors (Lipinski definition) is 4. The van der Waals surface area contributed by atoms with E-state index in [1.165, 1.54) is 6.07 Å². The highest BCUT2D eigenvalue weighted by Gasteiger charge is 2.23. The summed E-state index contributed by atoms with van der Waals surface area (Å²) < 4.78 is 65.6. The fraction of sp³-hybridized carbons (Fsp3) is 0.111. The maximum absolute atomic E-state index is 11.9. The van der Waals surface area contributed by atoms with Gasteiger partial charge in [0.1, 0.15) is 16.3 Å². The van der Waals surface area contributed by atoms with Crippen LogP contribution >= 0.6 is 0 Å². The van der Waals surface area contributed by atoms with Crippen molar-refractivity contribution in [3.63, 3.8) is 0 Å². The van der Waals surface area contributed by atoms with Gasteiger partial charge in [-0.2, -0.15) is 21.9 Å². The number of azo groups is 1. The second-order valence-electron chi connectivity index (χ2n) is 6.31. The number of benzene rings is 3. The van der Waals surface area contributed by atoms with Gasteiger partial charge in [0.25, 0.3) is 20.2 Å². The predicted molar refractivity (Wildman–Crippen MR) is 109 cm³/mol. The Labute approximate surface area is 172 Å². The maximum atomic E-state index is 11.9. The van der Waals surface area contributed by atoms with Gasteiger partial charge in [0, 0.05) is 5.39 Å². The number of nitrogens with zero attached hydrogens (tertiary/aromatic N) is 2. The zero-order chi connectivity index (χ0) is 22.1. The summed E-state index contributed by atoms with van der Waals surface area (Å²) in [7, 11) is -9.71. The lowest BCUT2D eigenvalue weighted by Crippen LogP contribution is -2.04. The normalized spacial score (nSPS) is 12.6. The molecule has 12 heteroatoms. The number of phenolic OH excluding ortho intramolecular Hbond substituents is 1. The Kier molecular flexibility index (Phi) is 5.87. The van der Waals surface area contributed by atoms with Crippen molar-refractivity contribution in [2.24, 2.45) is 16.0 Å². The molecule has 0 fully saturated rings. The molecule has 30 heavy (non-hydrogen) atoms. The standard InChI is InChI=1S/C18H17N3O7S2/c19-8-7-11-1-4-13(5-2-11)20-21-18-15(22)6-3-12-9-14(29(23,24)25)10-16(17(12)18)30(26,27)28/h1-6,9-10,22H,7-8,19H2,(H,23,24,25)(H,26,27,28). The molecule has 158 valence electrons. The van der Waals surface area contributed by atoms with Gasteiger partial charge >= 0.3 is 0 Å². The highest BCUT2D eigenvalue weighted by atomic mass is 32.2. The van der Waals surface area contributed by atoms with Crippen molar-refractivity contribution >= 4 is 42.4 Å². The SMILES string of the molecule is NCCc1ccc(N=Nc2c(O)ccc3cc(S(=O)(=O)O)cc(S(=O)(=O)O)c23)cc1. The minimum Gasteiger partial charge on any atom is -0.506 e. The van der Waals surface area contributed by atoms with Crippen LogP contribution in [0.4, 0.5) is 11.4 Å². The van der Waals surface area contributed by atoms with E-state index in [-0.39, 0.29) is 16.5 Å². The van der Waals surface area contributed by atoms with Gasteiger partial charge in [0.15, 0.2) is 0 Å².